The summed E-state index contributed by atoms with van der Waals surface area (Å²) in [6.45, 7) is 0.367. The SMILES string of the molecule is O=C(OCc1ccc(O)c(O)c1)c1ccc(-c2ccc(/C=C3/SC(=S)N(Cc4ccccc4)C3=O)o2)cc1. The number of esters is 1. The normalized spacial score (nSPS) is 14.3. The highest BCUT2D eigenvalue weighted by Crippen LogP contribution is 2.34. The summed E-state index contributed by atoms with van der Waals surface area (Å²) in [6, 6.07) is 24.2. The molecule has 0 spiro atoms. The third-order valence-corrected chi connectivity index (χ3v) is 7.15. The summed E-state index contributed by atoms with van der Waals surface area (Å²) in [6.07, 6.45) is 1.68. The van der Waals surface area contributed by atoms with Crippen LogP contribution in [0.25, 0.3) is 17.4 Å². The number of phenols is 2. The molecule has 5 rings (SSSR count). The fourth-order valence-corrected chi connectivity index (χ4v) is 5.01. The molecule has 2 N–H and O–H groups in total. The highest BCUT2D eigenvalue weighted by Gasteiger charge is 2.32. The summed E-state index contributed by atoms with van der Waals surface area (Å²) in [5, 5.41) is 18.9. The van der Waals surface area contributed by atoms with E-state index in [1.807, 2.05) is 30.3 Å². The van der Waals surface area contributed by atoms with Crippen molar-refractivity contribution in [3.8, 4) is 22.8 Å². The number of carbonyl (C=O) groups excluding carboxylic acids is 2. The third kappa shape index (κ3) is 5.64. The van der Waals surface area contributed by atoms with Crippen LogP contribution in [-0.4, -0.2) is 31.3 Å². The molecule has 3 aromatic carbocycles. The monoisotopic (exact) mass is 543 g/mol. The molecule has 9 heteroatoms. The molecule has 1 aromatic heterocycles. The second kappa shape index (κ2) is 11.0. The van der Waals surface area contributed by atoms with Gasteiger partial charge >= 0.3 is 5.97 Å². The lowest BCUT2D eigenvalue weighted by atomic mass is 10.1. The Bertz CT molecular complexity index is 1540. The number of furan rings is 1. The predicted molar refractivity (Wildman–Crippen MR) is 148 cm³/mol. The average Bonchev–Trinajstić information content (AvgIpc) is 3.50. The summed E-state index contributed by atoms with van der Waals surface area (Å²) in [5.74, 6) is -0.111. The van der Waals surface area contributed by atoms with Gasteiger partial charge in [0, 0.05) is 11.6 Å². The van der Waals surface area contributed by atoms with Gasteiger partial charge in [-0.2, -0.15) is 0 Å². The number of thiocarbonyl (C=S) groups is 1. The molecule has 1 fully saturated rings. The Morgan fingerprint density at radius 3 is 2.45 bits per heavy atom. The standard InChI is InChI=1S/C29H21NO6S2/c31-23-12-6-19(14-24(23)32)17-35-28(34)21-9-7-20(8-10-21)25-13-11-22(36-25)15-26-27(33)30(29(37)38-26)16-18-4-2-1-3-5-18/h1-15,31-32H,16-17H2/b26-15+. The van der Waals surface area contributed by atoms with Crippen molar-refractivity contribution in [3.05, 3.63) is 112 Å². The van der Waals surface area contributed by atoms with Crippen LogP contribution in [0.5, 0.6) is 11.5 Å². The van der Waals surface area contributed by atoms with Crippen molar-refractivity contribution in [2.45, 2.75) is 13.2 Å². The molecule has 38 heavy (non-hydrogen) atoms. The zero-order valence-corrected chi connectivity index (χ0v) is 21.5. The van der Waals surface area contributed by atoms with E-state index < -0.39 is 5.97 Å². The molecule has 7 nitrogen and oxygen atoms in total. The first-order valence-corrected chi connectivity index (χ1v) is 12.8. The van der Waals surface area contributed by atoms with Crippen molar-refractivity contribution in [3.63, 3.8) is 0 Å². The third-order valence-electron chi connectivity index (χ3n) is 5.77. The number of amides is 1. The van der Waals surface area contributed by atoms with Crippen LogP contribution in [0, 0.1) is 0 Å². The number of aromatic hydroxyl groups is 2. The fraction of sp³-hybridized carbons (Fsp3) is 0.0690. The first kappa shape index (κ1) is 25.3. The Hall–Kier alpha value is -4.34. The molecule has 0 unspecified atom stereocenters. The molecule has 1 aliphatic heterocycles. The first-order valence-electron chi connectivity index (χ1n) is 11.5. The molecule has 2 heterocycles. The molecule has 0 saturated carbocycles. The van der Waals surface area contributed by atoms with Crippen molar-refractivity contribution in [2.24, 2.45) is 0 Å². The summed E-state index contributed by atoms with van der Waals surface area (Å²) in [5.41, 5.74) is 2.65. The first-order chi connectivity index (χ1) is 18.4. The van der Waals surface area contributed by atoms with Gasteiger partial charge in [0.2, 0.25) is 0 Å². The lowest BCUT2D eigenvalue weighted by Crippen LogP contribution is -2.27. The number of carbonyl (C=O) groups is 2. The maximum absolute atomic E-state index is 12.9. The second-order valence-electron chi connectivity index (χ2n) is 8.43. The van der Waals surface area contributed by atoms with Crippen molar-refractivity contribution >= 4 is 46.3 Å². The zero-order valence-electron chi connectivity index (χ0n) is 19.9. The lowest BCUT2D eigenvalue weighted by Gasteiger charge is -2.14. The Labute approximate surface area is 228 Å². The number of ether oxygens (including phenoxy) is 1. The van der Waals surface area contributed by atoms with Crippen LogP contribution in [0.1, 0.15) is 27.2 Å². The average molecular weight is 544 g/mol. The highest BCUT2D eigenvalue weighted by molar-refractivity contribution is 8.26. The van der Waals surface area contributed by atoms with E-state index >= 15 is 0 Å². The van der Waals surface area contributed by atoms with Crippen molar-refractivity contribution in [1.82, 2.24) is 4.90 Å². The van der Waals surface area contributed by atoms with Gasteiger partial charge in [0.05, 0.1) is 17.0 Å². The van der Waals surface area contributed by atoms with Crippen LogP contribution in [0.4, 0.5) is 0 Å². The zero-order chi connectivity index (χ0) is 26.6. The molecule has 0 bridgehead atoms. The Balaban J connectivity index is 1.22. The number of phenolic OH excluding ortho intramolecular Hbond substituents is 2. The minimum atomic E-state index is -0.526. The van der Waals surface area contributed by atoms with Gasteiger partial charge in [0.15, 0.2) is 11.5 Å². The van der Waals surface area contributed by atoms with Crippen LogP contribution in [0.3, 0.4) is 0 Å². The van der Waals surface area contributed by atoms with E-state index in [4.69, 9.17) is 21.4 Å². The van der Waals surface area contributed by atoms with E-state index in [1.165, 1.54) is 23.9 Å². The number of nitrogens with zero attached hydrogens (tertiary/aromatic N) is 1. The molecule has 4 aromatic rings. The van der Waals surface area contributed by atoms with Crippen molar-refractivity contribution < 1.29 is 29.0 Å². The van der Waals surface area contributed by atoms with Gasteiger partial charge in [0.25, 0.3) is 5.91 Å². The Kier molecular flexibility index (Phi) is 7.30. The number of hydrogen-bond acceptors (Lipinski definition) is 8. The summed E-state index contributed by atoms with van der Waals surface area (Å²) >= 11 is 6.66. The van der Waals surface area contributed by atoms with Crippen molar-refractivity contribution in [1.29, 1.82) is 0 Å². The van der Waals surface area contributed by atoms with Gasteiger partial charge in [-0.1, -0.05) is 72.5 Å². The quantitative estimate of drug-likeness (QED) is 0.125. The molecule has 1 amide bonds. The van der Waals surface area contributed by atoms with E-state index in [0.29, 0.717) is 38.4 Å². The van der Waals surface area contributed by atoms with E-state index in [2.05, 4.69) is 0 Å². The van der Waals surface area contributed by atoms with E-state index in [-0.39, 0.29) is 24.0 Å². The molecular formula is C29H21NO6S2. The number of hydrogen-bond donors (Lipinski definition) is 2. The van der Waals surface area contributed by atoms with Crippen molar-refractivity contribution in [2.75, 3.05) is 0 Å². The van der Waals surface area contributed by atoms with Gasteiger partial charge in [-0.15, -0.1) is 0 Å². The van der Waals surface area contributed by atoms with Gasteiger partial charge in [-0.3, -0.25) is 9.69 Å². The molecule has 1 aliphatic rings. The van der Waals surface area contributed by atoms with Crippen LogP contribution < -0.4 is 0 Å². The molecular weight excluding hydrogens is 522 g/mol. The maximum Gasteiger partial charge on any atom is 0.338 e. The molecule has 190 valence electrons. The number of benzene rings is 3. The van der Waals surface area contributed by atoms with Gasteiger partial charge in [0.1, 0.15) is 22.4 Å². The molecule has 0 aliphatic carbocycles. The Morgan fingerprint density at radius 2 is 1.71 bits per heavy atom. The number of rotatable bonds is 7. The highest BCUT2D eigenvalue weighted by atomic mass is 32.2. The van der Waals surface area contributed by atoms with Gasteiger partial charge in [-0.05, 0) is 47.5 Å². The lowest BCUT2D eigenvalue weighted by molar-refractivity contribution is -0.122. The molecule has 0 radical (unpaired) electrons. The fourth-order valence-electron chi connectivity index (χ4n) is 3.78. The minimum Gasteiger partial charge on any atom is -0.504 e. The van der Waals surface area contributed by atoms with Crippen LogP contribution in [0.2, 0.25) is 0 Å². The van der Waals surface area contributed by atoms with E-state index in [9.17, 15) is 19.8 Å². The summed E-state index contributed by atoms with van der Waals surface area (Å²) in [7, 11) is 0. The minimum absolute atomic E-state index is 0.0480. The van der Waals surface area contributed by atoms with Crippen LogP contribution >= 0.6 is 24.0 Å². The van der Waals surface area contributed by atoms with Gasteiger partial charge in [-0.25, -0.2) is 4.79 Å². The molecule has 1 saturated heterocycles. The predicted octanol–water partition coefficient (Wildman–Crippen LogP) is 6.12. The van der Waals surface area contributed by atoms with E-state index in [1.54, 1.807) is 53.4 Å². The van der Waals surface area contributed by atoms with Crippen LogP contribution in [-0.2, 0) is 22.7 Å². The van der Waals surface area contributed by atoms with Gasteiger partial charge < -0.3 is 19.4 Å². The smallest absolute Gasteiger partial charge is 0.338 e. The summed E-state index contributed by atoms with van der Waals surface area (Å²) < 4.78 is 11.7. The topological polar surface area (TPSA) is 100 Å². The van der Waals surface area contributed by atoms with Crippen LogP contribution in [0.15, 0.2) is 94.3 Å². The largest absolute Gasteiger partial charge is 0.504 e. The maximum atomic E-state index is 12.9. The molecule has 0 atom stereocenters. The van der Waals surface area contributed by atoms with E-state index in [0.717, 1.165) is 11.1 Å². The second-order valence-corrected chi connectivity index (χ2v) is 10.1. The Morgan fingerprint density at radius 1 is 0.947 bits per heavy atom. The number of thioether (sulfide) groups is 1. The summed E-state index contributed by atoms with van der Waals surface area (Å²) in [4.78, 5) is 27.4.